The second-order valence-corrected chi connectivity index (χ2v) is 3.93. The van der Waals surface area contributed by atoms with Crippen molar-refractivity contribution in [2.24, 2.45) is 17.6 Å². The van der Waals surface area contributed by atoms with Gasteiger partial charge >= 0.3 is 0 Å². The van der Waals surface area contributed by atoms with Crippen LogP contribution in [-0.2, 0) is 0 Å². The van der Waals surface area contributed by atoms with Crippen molar-refractivity contribution in [1.29, 1.82) is 0 Å². The Morgan fingerprint density at radius 3 is 2.64 bits per heavy atom. The van der Waals surface area contributed by atoms with Crippen molar-refractivity contribution in [2.45, 2.75) is 32.7 Å². The van der Waals surface area contributed by atoms with E-state index in [2.05, 4.69) is 19.2 Å². The van der Waals surface area contributed by atoms with Gasteiger partial charge in [0.2, 0.25) is 0 Å². The van der Waals surface area contributed by atoms with Gasteiger partial charge in [-0.2, -0.15) is 0 Å². The van der Waals surface area contributed by atoms with Gasteiger partial charge in [0, 0.05) is 6.04 Å². The fraction of sp³-hybridized carbons (Fsp3) is 1.00. The number of hydrogen-bond donors (Lipinski definition) is 2. The molecule has 0 aromatic carbocycles. The average molecular weight is 156 g/mol. The van der Waals surface area contributed by atoms with Gasteiger partial charge in [0.25, 0.3) is 0 Å². The highest BCUT2D eigenvalue weighted by Crippen LogP contribution is 2.17. The Labute approximate surface area is 69.5 Å². The van der Waals surface area contributed by atoms with E-state index in [4.69, 9.17) is 5.73 Å². The molecule has 2 atom stereocenters. The lowest BCUT2D eigenvalue weighted by molar-refractivity contribution is 0.277. The van der Waals surface area contributed by atoms with Crippen molar-refractivity contribution in [1.82, 2.24) is 5.32 Å². The van der Waals surface area contributed by atoms with Crippen molar-refractivity contribution in [3.05, 3.63) is 0 Å². The lowest BCUT2D eigenvalue weighted by atomic mass is 9.86. The highest BCUT2D eigenvalue weighted by Gasteiger charge is 2.21. The molecule has 1 aliphatic rings. The molecule has 0 bridgehead atoms. The largest absolute Gasteiger partial charge is 0.327 e. The first-order chi connectivity index (χ1) is 5.22. The molecule has 1 aliphatic heterocycles. The Kier molecular flexibility index (Phi) is 3.34. The third-order valence-electron chi connectivity index (χ3n) is 2.65. The van der Waals surface area contributed by atoms with E-state index in [0.29, 0.717) is 17.9 Å². The molecule has 0 aliphatic carbocycles. The van der Waals surface area contributed by atoms with E-state index in [1.807, 2.05) is 0 Å². The second-order valence-electron chi connectivity index (χ2n) is 3.93. The van der Waals surface area contributed by atoms with Gasteiger partial charge in [-0.25, -0.2) is 0 Å². The lowest BCUT2D eigenvalue weighted by Gasteiger charge is -2.30. The Morgan fingerprint density at radius 1 is 1.45 bits per heavy atom. The number of nitrogens with two attached hydrogens (primary N) is 1. The molecule has 0 amide bonds. The number of piperidine rings is 1. The Balaban J connectivity index is 2.32. The number of nitrogens with one attached hydrogen (secondary N) is 1. The van der Waals surface area contributed by atoms with Crippen molar-refractivity contribution < 1.29 is 0 Å². The highest BCUT2D eigenvalue weighted by atomic mass is 14.9. The van der Waals surface area contributed by atoms with Crippen LogP contribution in [0, 0.1) is 11.8 Å². The third kappa shape index (κ3) is 2.46. The zero-order chi connectivity index (χ0) is 8.27. The van der Waals surface area contributed by atoms with E-state index in [1.165, 1.54) is 19.4 Å². The summed E-state index contributed by atoms with van der Waals surface area (Å²) in [6, 6.07) is 0.391. The van der Waals surface area contributed by atoms with Gasteiger partial charge in [-0.15, -0.1) is 0 Å². The lowest BCUT2D eigenvalue weighted by Crippen LogP contribution is -2.43. The summed E-state index contributed by atoms with van der Waals surface area (Å²) < 4.78 is 0. The first kappa shape index (κ1) is 9.01. The van der Waals surface area contributed by atoms with Gasteiger partial charge in [-0.05, 0) is 37.8 Å². The first-order valence-corrected chi connectivity index (χ1v) is 4.68. The van der Waals surface area contributed by atoms with Crippen LogP contribution in [0.3, 0.4) is 0 Å². The summed E-state index contributed by atoms with van der Waals surface area (Å²) in [5.41, 5.74) is 6.05. The molecular weight excluding hydrogens is 136 g/mol. The van der Waals surface area contributed by atoms with Gasteiger partial charge in [0.05, 0.1) is 0 Å². The summed E-state index contributed by atoms with van der Waals surface area (Å²) >= 11 is 0. The third-order valence-corrected chi connectivity index (χ3v) is 2.65. The van der Waals surface area contributed by atoms with Crippen LogP contribution < -0.4 is 11.1 Å². The zero-order valence-corrected chi connectivity index (χ0v) is 7.64. The van der Waals surface area contributed by atoms with Crippen LogP contribution in [0.1, 0.15) is 26.7 Å². The normalized spacial score (nSPS) is 28.9. The molecule has 0 aromatic rings. The predicted molar refractivity (Wildman–Crippen MR) is 48.4 cm³/mol. The minimum Gasteiger partial charge on any atom is -0.327 e. The molecule has 1 unspecified atom stereocenters. The fourth-order valence-electron chi connectivity index (χ4n) is 1.75. The first-order valence-electron chi connectivity index (χ1n) is 4.68. The summed E-state index contributed by atoms with van der Waals surface area (Å²) in [4.78, 5) is 0. The maximum atomic E-state index is 6.05. The molecule has 0 aromatic heterocycles. The fourth-order valence-corrected chi connectivity index (χ4v) is 1.75. The van der Waals surface area contributed by atoms with E-state index in [0.717, 1.165) is 6.54 Å². The van der Waals surface area contributed by atoms with Crippen LogP contribution in [0.25, 0.3) is 0 Å². The standard InChI is InChI=1S/C9H20N2/c1-7(2)9(10)8-4-3-5-11-6-8/h7-9,11H,3-6,10H2,1-2H3/t8-,9?/m1/s1. The average Bonchev–Trinajstić information content (AvgIpc) is 2.05. The maximum Gasteiger partial charge on any atom is 0.0102 e. The molecule has 1 heterocycles. The summed E-state index contributed by atoms with van der Waals surface area (Å²) in [5.74, 6) is 1.34. The molecule has 11 heavy (non-hydrogen) atoms. The topological polar surface area (TPSA) is 38.0 Å². The molecule has 1 fully saturated rings. The van der Waals surface area contributed by atoms with Gasteiger partial charge < -0.3 is 11.1 Å². The van der Waals surface area contributed by atoms with Crippen molar-refractivity contribution in [3.8, 4) is 0 Å². The minimum absolute atomic E-state index is 0.391. The van der Waals surface area contributed by atoms with Crippen molar-refractivity contribution in [3.63, 3.8) is 0 Å². The Hall–Kier alpha value is -0.0800. The van der Waals surface area contributed by atoms with E-state index >= 15 is 0 Å². The molecule has 0 radical (unpaired) electrons. The Bertz CT molecular complexity index is 106. The van der Waals surface area contributed by atoms with Crippen LogP contribution in [0.4, 0.5) is 0 Å². The van der Waals surface area contributed by atoms with Crippen LogP contribution in [0.5, 0.6) is 0 Å². The van der Waals surface area contributed by atoms with E-state index < -0.39 is 0 Å². The number of hydrogen-bond acceptors (Lipinski definition) is 2. The smallest absolute Gasteiger partial charge is 0.0102 e. The van der Waals surface area contributed by atoms with Gasteiger partial charge in [0.15, 0.2) is 0 Å². The molecule has 66 valence electrons. The molecule has 2 nitrogen and oxygen atoms in total. The van der Waals surface area contributed by atoms with Gasteiger partial charge in [-0.1, -0.05) is 13.8 Å². The molecule has 0 spiro atoms. The SMILES string of the molecule is CC(C)C(N)[C@@H]1CCCNC1. The summed E-state index contributed by atoms with van der Waals surface area (Å²) in [6.45, 7) is 6.72. The minimum atomic E-state index is 0.391. The summed E-state index contributed by atoms with van der Waals surface area (Å²) in [5, 5.41) is 3.39. The van der Waals surface area contributed by atoms with E-state index in [1.54, 1.807) is 0 Å². The van der Waals surface area contributed by atoms with Crippen LogP contribution in [0.2, 0.25) is 0 Å². The van der Waals surface area contributed by atoms with Crippen LogP contribution in [-0.4, -0.2) is 19.1 Å². The maximum absolute atomic E-state index is 6.05. The molecular formula is C9H20N2. The second kappa shape index (κ2) is 4.07. The van der Waals surface area contributed by atoms with Gasteiger partial charge in [0.1, 0.15) is 0 Å². The number of rotatable bonds is 2. The molecule has 0 saturated carbocycles. The highest BCUT2D eigenvalue weighted by molar-refractivity contribution is 4.80. The predicted octanol–water partition coefficient (Wildman–Crippen LogP) is 0.969. The molecule has 3 N–H and O–H groups in total. The van der Waals surface area contributed by atoms with Gasteiger partial charge in [-0.3, -0.25) is 0 Å². The van der Waals surface area contributed by atoms with E-state index in [9.17, 15) is 0 Å². The summed E-state index contributed by atoms with van der Waals surface area (Å²) in [6.07, 6.45) is 2.61. The monoisotopic (exact) mass is 156 g/mol. The summed E-state index contributed by atoms with van der Waals surface area (Å²) in [7, 11) is 0. The zero-order valence-electron chi connectivity index (χ0n) is 7.64. The molecule has 1 rings (SSSR count). The van der Waals surface area contributed by atoms with Crippen LogP contribution in [0.15, 0.2) is 0 Å². The quantitative estimate of drug-likeness (QED) is 0.625. The Morgan fingerprint density at radius 2 is 2.18 bits per heavy atom. The van der Waals surface area contributed by atoms with Crippen LogP contribution >= 0.6 is 0 Å². The molecule has 2 heteroatoms. The van der Waals surface area contributed by atoms with E-state index in [-0.39, 0.29) is 0 Å². The van der Waals surface area contributed by atoms with Crippen molar-refractivity contribution in [2.75, 3.05) is 13.1 Å². The van der Waals surface area contributed by atoms with Crippen molar-refractivity contribution >= 4 is 0 Å². The molecule has 1 saturated heterocycles.